The Kier molecular flexibility index (Phi) is 3.87. The molecule has 0 bridgehead atoms. The molecule has 15 heavy (non-hydrogen) atoms. The van der Waals surface area contributed by atoms with E-state index in [0.717, 1.165) is 5.69 Å². The van der Waals surface area contributed by atoms with Crippen molar-refractivity contribution in [2.75, 3.05) is 25.1 Å². The summed E-state index contributed by atoms with van der Waals surface area (Å²) in [7, 11) is 1.83. The minimum Gasteiger partial charge on any atom is -0.409 e. The van der Waals surface area contributed by atoms with Crippen LogP contribution in [0.3, 0.4) is 0 Å². The minimum absolute atomic E-state index is 0.0331. The first kappa shape index (κ1) is 11.3. The van der Waals surface area contributed by atoms with Gasteiger partial charge in [-0.25, -0.2) is 0 Å². The second-order valence-electron chi connectivity index (χ2n) is 3.03. The van der Waals surface area contributed by atoms with Gasteiger partial charge in [0.15, 0.2) is 5.84 Å². The number of likely N-dealkylation sites (N-methyl/N-ethyl adjacent to an activating group) is 1. The lowest BCUT2D eigenvalue weighted by Gasteiger charge is -2.17. The molecule has 0 radical (unpaired) electrons. The maximum Gasteiger partial charge on any atom is 0.188 e. The zero-order chi connectivity index (χ0) is 11.3. The Morgan fingerprint density at radius 1 is 1.67 bits per heavy atom. The van der Waals surface area contributed by atoms with Crippen LogP contribution in [0.25, 0.3) is 0 Å². The van der Waals surface area contributed by atoms with E-state index in [1.165, 1.54) is 0 Å². The summed E-state index contributed by atoms with van der Waals surface area (Å²) in [4.78, 5) is 5.79. The number of nitrogens with two attached hydrogens (primary N) is 1. The maximum absolute atomic E-state index is 8.78. The van der Waals surface area contributed by atoms with Gasteiger partial charge < -0.3 is 20.9 Å². The van der Waals surface area contributed by atoms with Crippen LogP contribution in [0, 0.1) is 0 Å². The maximum atomic E-state index is 8.78. The molecule has 0 aromatic carbocycles. The molecule has 6 heteroatoms. The summed E-state index contributed by atoms with van der Waals surface area (Å²) in [5.41, 5.74) is 6.66. The zero-order valence-corrected chi connectivity index (χ0v) is 8.46. The highest BCUT2D eigenvalue weighted by molar-refractivity contribution is 5.95. The van der Waals surface area contributed by atoms with Crippen LogP contribution in [0.15, 0.2) is 23.5 Å². The summed E-state index contributed by atoms with van der Waals surface area (Å²) in [5.74, 6) is -0.0331. The number of pyridine rings is 1. The SMILES string of the molecule is CN(CCO)c1ccnc(C(N)=NO)c1. The quantitative estimate of drug-likeness (QED) is 0.272. The Balaban J connectivity index is 2.92. The predicted molar refractivity (Wildman–Crippen MR) is 57.1 cm³/mol. The van der Waals surface area contributed by atoms with Gasteiger partial charge in [-0.05, 0) is 12.1 Å². The molecule has 6 nitrogen and oxygen atoms in total. The zero-order valence-electron chi connectivity index (χ0n) is 8.46. The van der Waals surface area contributed by atoms with Crippen molar-refractivity contribution in [3.8, 4) is 0 Å². The average Bonchev–Trinajstić information content (AvgIpc) is 2.28. The Bertz CT molecular complexity index is 354. The van der Waals surface area contributed by atoms with E-state index in [-0.39, 0.29) is 12.4 Å². The van der Waals surface area contributed by atoms with Gasteiger partial charge in [-0.3, -0.25) is 4.98 Å². The van der Waals surface area contributed by atoms with Crippen molar-refractivity contribution in [2.45, 2.75) is 0 Å². The van der Waals surface area contributed by atoms with Crippen molar-refractivity contribution in [1.29, 1.82) is 0 Å². The molecule has 0 saturated carbocycles. The molecule has 0 spiro atoms. The molecule has 0 atom stereocenters. The first-order valence-electron chi connectivity index (χ1n) is 4.45. The molecular formula is C9H14N4O2. The molecule has 0 unspecified atom stereocenters. The minimum atomic E-state index is -0.0331. The van der Waals surface area contributed by atoms with Crippen molar-refractivity contribution in [3.63, 3.8) is 0 Å². The van der Waals surface area contributed by atoms with Gasteiger partial charge in [-0.1, -0.05) is 5.16 Å². The summed E-state index contributed by atoms with van der Waals surface area (Å²) in [6.45, 7) is 0.581. The lowest BCUT2D eigenvalue weighted by molar-refractivity contribution is 0.304. The Labute approximate surface area is 87.6 Å². The summed E-state index contributed by atoms with van der Waals surface area (Å²) in [5, 5.41) is 20.1. The molecule has 1 aromatic rings. The third-order valence-electron chi connectivity index (χ3n) is 1.99. The van der Waals surface area contributed by atoms with Crippen LogP contribution in [-0.4, -0.2) is 41.3 Å². The number of aliphatic hydroxyl groups excluding tert-OH is 1. The van der Waals surface area contributed by atoms with Crippen molar-refractivity contribution in [3.05, 3.63) is 24.0 Å². The Hall–Kier alpha value is -1.82. The van der Waals surface area contributed by atoms with Crippen LogP contribution in [-0.2, 0) is 0 Å². The van der Waals surface area contributed by atoms with Gasteiger partial charge in [0, 0.05) is 25.5 Å². The number of aliphatic hydroxyl groups is 1. The molecule has 4 N–H and O–H groups in total. The molecule has 0 aliphatic carbocycles. The molecule has 0 fully saturated rings. The highest BCUT2D eigenvalue weighted by Crippen LogP contribution is 2.12. The number of hydrogen-bond acceptors (Lipinski definition) is 5. The molecule has 1 rings (SSSR count). The third kappa shape index (κ3) is 2.81. The van der Waals surface area contributed by atoms with Crippen molar-refractivity contribution in [1.82, 2.24) is 4.98 Å². The number of aromatic nitrogens is 1. The summed E-state index contributed by atoms with van der Waals surface area (Å²) >= 11 is 0. The van der Waals surface area contributed by atoms with E-state index in [9.17, 15) is 0 Å². The van der Waals surface area contributed by atoms with Gasteiger partial charge in [0.2, 0.25) is 0 Å². The van der Waals surface area contributed by atoms with E-state index in [1.54, 1.807) is 18.3 Å². The van der Waals surface area contributed by atoms with E-state index in [2.05, 4.69) is 10.1 Å². The van der Waals surface area contributed by atoms with Crippen LogP contribution in [0.5, 0.6) is 0 Å². The fourth-order valence-corrected chi connectivity index (χ4v) is 1.13. The number of oxime groups is 1. The fraction of sp³-hybridized carbons (Fsp3) is 0.333. The monoisotopic (exact) mass is 210 g/mol. The smallest absolute Gasteiger partial charge is 0.188 e. The van der Waals surface area contributed by atoms with E-state index in [4.69, 9.17) is 16.0 Å². The predicted octanol–water partition coefficient (Wildman–Crippen LogP) is -0.395. The third-order valence-corrected chi connectivity index (χ3v) is 1.99. The second kappa shape index (κ2) is 5.16. The van der Waals surface area contributed by atoms with E-state index < -0.39 is 0 Å². The number of anilines is 1. The normalized spacial score (nSPS) is 11.5. The Morgan fingerprint density at radius 3 is 3.00 bits per heavy atom. The molecule has 0 saturated heterocycles. The Morgan fingerprint density at radius 2 is 2.40 bits per heavy atom. The molecule has 0 amide bonds. The standard InChI is InChI=1S/C9H14N4O2/c1-13(4-5-14)7-2-3-11-8(6-7)9(10)12-15/h2-3,6,14-15H,4-5H2,1H3,(H2,10,12). The van der Waals surface area contributed by atoms with Gasteiger partial charge >= 0.3 is 0 Å². The van der Waals surface area contributed by atoms with Gasteiger partial charge in [-0.15, -0.1) is 0 Å². The second-order valence-corrected chi connectivity index (χ2v) is 3.03. The van der Waals surface area contributed by atoms with Crippen LogP contribution >= 0.6 is 0 Å². The average molecular weight is 210 g/mol. The highest BCUT2D eigenvalue weighted by atomic mass is 16.4. The molecule has 0 aliphatic rings. The summed E-state index contributed by atoms with van der Waals surface area (Å²) in [6, 6.07) is 3.47. The number of rotatable bonds is 4. The molecule has 1 aromatic heterocycles. The van der Waals surface area contributed by atoms with Crippen LogP contribution in [0.2, 0.25) is 0 Å². The van der Waals surface area contributed by atoms with Crippen LogP contribution in [0.4, 0.5) is 5.69 Å². The molecule has 0 aliphatic heterocycles. The van der Waals surface area contributed by atoms with E-state index in [0.29, 0.717) is 12.2 Å². The fourth-order valence-electron chi connectivity index (χ4n) is 1.13. The van der Waals surface area contributed by atoms with Crippen molar-refractivity contribution in [2.24, 2.45) is 10.9 Å². The van der Waals surface area contributed by atoms with E-state index >= 15 is 0 Å². The number of nitrogens with zero attached hydrogens (tertiary/aromatic N) is 3. The lowest BCUT2D eigenvalue weighted by atomic mass is 10.3. The van der Waals surface area contributed by atoms with Crippen molar-refractivity contribution < 1.29 is 10.3 Å². The number of amidine groups is 1. The van der Waals surface area contributed by atoms with Gasteiger partial charge in [0.25, 0.3) is 0 Å². The molecule has 1 heterocycles. The molecular weight excluding hydrogens is 196 g/mol. The van der Waals surface area contributed by atoms with Crippen molar-refractivity contribution >= 4 is 11.5 Å². The first-order chi connectivity index (χ1) is 7.19. The topological polar surface area (TPSA) is 95.0 Å². The summed E-state index contributed by atoms with van der Waals surface area (Å²) < 4.78 is 0. The van der Waals surface area contributed by atoms with Gasteiger partial charge in [-0.2, -0.15) is 0 Å². The number of hydrogen-bond donors (Lipinski definition) is 3. The van der Waals surface area contributed by atoms with E-state index in [1.807, 2.05) is 11.9 Å². The first-order valence-corrected chi connectivity index (χ1v) is 4.45. The van der Waals surface area contributed by atoms with Crippen LogP contribution < -0.4 is 10.6 Å². The van der Waals surface area contributed by atoms with Gasteiger partial charge in [0.1, 0.15) is 5.69 Å². The summed E-state index contributed by atoms with van der Waals surface area (Å²) in [6.07, 6.45) is 1.57. The highest BCUT2D eigenvalue weighted by Gasteiger charge is 2.04. The largest absolute Gasteiger partial charge is 0.409 e. The molecule has 82 valence electrons. The van der Waals surface area contributed by atoms with Gasteiger partial charge in [0.05, 0.1) is 6.61 Å². The lowest BCUT2D eigenvalue weighted by Crippen LogP contribution is -2.22. The van der Waals surface area contributed by atoms with Crippen LogP contribution in [0.1, 0.15) is 5.69 Å².